The van der Waals surface area contributed by atoms with Gasteiger partial charge in [-0.05, 0) is 43.9 Å². The lowest BCUT2D eigenvalue weighted by atomic mass is 9.95. The molecule has 0 radical (unpaired) electrons. The Kier molecular flexibility index (Phi) is 7.52. The number of benzene rings is 3. The molecule has 1 aromatic heterocycles. The van der Waals surface area contributed by atoms with E-state index in [-0.39, 0.29) is 11.8 Å². The van der Waals surface area contributed by atoms with Gasteiger partial charge in [0.2, 0.25) is 5.75 Å². The van der Waals surface area contributed by atoms with Crippen molar-refractivity contribution in [1.29, 1.82) is 0 Å². The smallest absolute Gasteiger partial charge is 0.441 e. The molecule has 5 rings (SSSR count). The summed E-state index contributed by atoms with van der Waals surface area (Å²) in [5.41, 5.74) is 4.19. The molecule has 0 saturated carbocycles. The molecule has 0 fully saturated rings. The fourth-order valence-corrected chi connectivity index (χ4v) is 5.47. The van der Waals surface area contributed by atoms with Crippen LogP contribution in [0.5, 0.6) is 23.0 Å². The molecule has 11 heteroatoms. The molecule has 0 bridgehead atoms. The van der Waals surface area contributed by atoms with Gasteiger partial charge < -0.3 is 33.7 Å². The van der Waals surface area contributed by atoms with E-state index in [1.54, 1.807) is 43.9 Å². The first-order valence-corrected chi connectivity index (χ1v) is 13.5. The van der Waals surface area contributed by atoms with Gasteiger partial charge in [-0.2, -0.15) is 5.48 Å². The molecule has 10 nitrogen and oxygen atoms in total. The summed E-state index contributed by atoms with van der Waals surface area (Å²) in [6, 6.07) is 12.9. The number of hydrogen-bond acceptors (Lipinski definition) is 7. The number of H-pyrrole nitrogens is 1. The third kappa shape index (κ3) is 5.15. The monoisotopic (exact) mass is 581 g/mol. The average Bonchev–Trinajstić information content (AvgIpc) is 3.55. The van der Waals surface area contributed by atoms with Crippen LogP contribution in [0.25, 0.3) is 21.7 Å². The Balaban J connectivity index is 1.57. The van der Waals surface area contributed by atoms with Crippen LogP contribution in [0.1, 0.15) is 42.7 Å². The zero-order valence-electron chi connectivity index (χ0n) is 23.7. The van der Waals surface area contributed by atoms with Crippen LogP contribution in [-0.4, -0.2) is 56.3 Å². The van der Waals surface area contributed by atoms with Gasteiger partial charge in [-0.15, -0.1) is 11.6 Å². The second-order valence-corrected chi connectivity index (χ2v) is 10.9. The Hall–Kier alpha value is -4.31. The van der Waals surface area contributed by atoms with E-state index in [0.29, 0.717) is 52.3 Å². The van der Waals surface area contributed by atoms with Gasteiger partial charge in [0.1, 0.15) is 11.3 Å². The third-order valence-electron chi connectivity index (χ3n) is 6.85. The number of anilines is 1. The van der Waals surface area contributed by atoms with Gasteiger partial charge in [-0.25, -0.2) is 4.79 Å². The molecular formula is C30H32ClN3O7. The number of carbonyl (C=O) groups is 2. The quantitative estimate of drug-likeness (QED) is 0.199. The predicted molar refractivity (Wildman–Crippen MR) is 157 cm³/mol. The van der Waals surface area contributed by atoms with Gasteiger partial charge in [0.15, 0.2) is 17.2 Å². The maximum Gasteiger partial charge on any atom is 0.441 e. The highest BCUT2D eigenvalue weighted by Gasteiger charge is 2.36. The zero-order valence-corrected chi connectivity index (χ0v) is 24.5. The number of hydroxylamine groups is 1. The number of halogens is 1. The van der Waals surface area contributed by atoms with Gasteiger partial charge in [-0.1, -0.05) is 24.3 Å². The zero-order chi connectivity index (χ0) is 29.5. The molecule has 0 saturated heterocycles. The molecule has 1 atom stereocenters. The lowest BCUT2D eigenvalue weighted by Gasteiger charge is -2.21. The minimum absolute atomic E-state index is 0.118. The number of nitrogens with one attached hydrogen (secondary N) is 2. The van der Waals surface area contributed by atoms with Crippen LogP contribution in [0.2, 0.25) is 0 Å². The van der Waals surface area contributed by atoms with Crippen molar-refractivity contribution in [1.82, 2.24) is 10.5 Å². The van der Waals surface area contributed by atoms with E-state index in [1.165, 1.54) is 21.3 Å². The van der Waals surface area contributed by atoms with Crippen LogP contribution in [0, 0.1) is 0 Å². The van der Waals surface area contributed by atoms with E-state index in [9.17, 15) is 9.59 Å². The third-order valence-corrected chi connectivity index (χ3v) is 7.23. The number of carbonyl (C=O) groups excluding carboxylic acids is 2. The van der Waals surface area contributed by atoms with E-state index in [4.69, 9.17) is 35.4 Å². The Morgan fingerprint density at radius 1 is 1.00 bits per heavy atom. The highest BCUT2D eigenvalue weighted by molar-refractivity contribution is 6.19. The van der Waals surface area contributed by atoms with Crippen molar-refractivity contribution in [3.63, 3.8) is 0 Å². The van der Waals surface area contributed by atoms with Crippen molar-refractivity contribution in [3.8, 4) is 23.0 Å². The summed E-state index contributed by atoms with van der Waals surface area (Å²) in [6.45, 7) is 5.65. The molecule has 0 aliphatic carbocycles. The maximum absolute atomic E-state index is 14.0. The molecule has 216 valence electrons. The van der Waals surface area contributed by atoms with Crippen molar-refractivity contribution >= 4 is 51.0 Å². The van der Waals surface area contributed by atoms with E-state index < -0.39 is 11.7 Å². The summed E-state index contributed by atoms with van der Waals surface area (Å²) in [4.78, 5) is 37.0. The Bertz CT molecular complexity index is 1640. The first-order valence-electron chi connectivity index (χ1n) is 13.0. The molecular weight excluding hydrogens is 550 g/mol. The number of aromatic nitrogens is 1. The lowest BCUT2D eigenvalue weighted by molar-refractivity contribution is 0.0290. The van der Waals surface area contributed by atoms with Gasteiger partial charge >= 0.3 is 6.09 Å². The first kappa shape index (κ1) is 28.2. The van der Waals surface area contributed by atoms with E-state index in [1.807, 2.05) is 24.3 Å². The van der Waals surface area contributed by atoms with Crippen LogP contribution >= 0.6 is 11.6 Å². The number of hydrogen-bond donors (Lipinski definition) is 2. The first-order chi connectivity index (χ1) is 19.6. The van der Waals surface area contributed by atoms with Crippen molar-refractivity contribution in [3.05, 3.63) is 53.7 Å². The molecule has 2 heterocycles. The second-order valence-electron chi connectivity index (χ2n) is 10.6. The Labute approximate surface area is 242 Å². The molecule has 0 unspecified atom stereocenters. The topological polar surface area (TPSA) is 111 Å². The minimum Gasteiger partial charge on any atom is -0.493 e. The molecule has 1 aliphatic rings. The minimum atomic E-state index is -0.730. The fraction of sp³-hybridized carbons (Fsp3) is 0.333. The average molecular weight is 582 g/mol. The Morgan fingerprint density at radius 3 is 2.34 bits per heavy atom. The summed E-state index contributed by atoms with van der Waals surface area (Å²) in [6.07, 6.45) is -0.730. The number of rotatable bonds is 7. The standard InChI is InChI=1S/C30H32ClN3O7/c1-30(2,3)40-29(36)33-41-22-13-21-24(19-10-8-7-9-18(19)22)17(14-31)15-34(21)28(35)20-11-16-12-23(37-4)26(38-5)27(39-6)25(16)32-20/h7-13,17,32H,14-15H2,1-6H3,(H,33,36)/t17-/m0/s1. The Morgan fingerprint density at radius 2 is 1.71 bits per heavy atom. The number of alkyl halides is 1. The van der Waals surface area contributed by atoms with Crippen molar-refractivity contribution < 1.29 is 33.4 Å². The number of aromatic amines is 1. The molecule has 2 amide bonds. The summed E-state index contributed by atoms with van der Waals surface area (Å²) >= 11 is 6.43. The molecule has 41 heavy (non-hydrogen) atoms. The normalized spacial score (nSPS) is 14.6. The highest BCUT2D eigenvalue weighted by atomic mass is 35.5. The van der Waals surface area contributed by atoms with Crippen LogP contribution < -0.4 is 29.4 Å². The van der Waals surface area contributed by atoms with Crippen LogP contribution in [-0.2, 0) is 4.74 Å². The lowest BCUT2D eigenvalue weighted by Crippen LogP contribution is -2.34. The molecule has 4 aromatic rings. The van der Waals surface area contributed by atoms with Crippen LogP contribution in [0.4, 0.5) is 10.5 Å². The van der Waals surface area contributed by atoms with E-state index in [0.717, 1.165) is 21.7 Å². The molecule has 0 spiro atoms. The van der Waals surface area contributed by atoms with Gasteiger partial charge in [-0.3, -0.25) is 4.79 Å². The predicted octanol–water partition coefficient (Wildman–Crippen LogP) is 6.15. The maximum atomic E-state index is 14.0. The molecule has 1 aliphatic heterocycles. The number of ether oxygens (including phenoxy) is 4. The summed E-state index contributed by atoms with van der Waals surface area (Å²) < 4.78 is 21.9. The molecule has 3 aromatic carbocycles. The molecule has 2 N–H and O–H groups in total. The highest BCUT2D eigenvalue weighted by Crippen LogP contribution is 2.47. The van der Waals surface area contributed by atoms with Crippen LogP contribution in [0.3, 0.4) is 0 Å². The summed E-state index contributed by atoms with van der Waals surface area (Å²) in [5.74, 6) is 1.62. The number of amides is 2. The van der Waals surface area contributed by atoms with Crippen molar-refractivity contribution in [2.24, 2.45) is 0 Å². The fourth-order valence-electron chi connectivity index (χ4n) is 5.22. The summed E-state index contributed by atoms with van der Waals surface area (Å²) in [5, 5.41) is 2.36. The largest absolute Gasteiger partial charge is 0.493 e. The summed E-state index contributed by atoms with van der Waals surface area (Å²) in [7, 11) is 4.59. The van der Waals surface area contributed by atoms with Gasteiger partial charge in [0.05, 0.1) is 32.5 Å². The number of fused-ring (bicyclic) bond motifs is 4. The van der Waals surface area contributed by atoms with E-state index in [2.05, 4.69) is 10.5 Å². The number of methoxy groups -OCH3 is 3. The van der Waals surface area contributed by atoms with Crippen molar-refractivity contribution in [2.45, 2.75) is 32.3 Å². The van der Waals surface area contributed by atoms with Gasteiger partial charge in [0.25, 0.3) is 5.91 Å². The van der Waals surface area contributed by atoms with Gasteiger partial charge in [0, 0.05) is 35.2 Å². The van der Waals surface area contributed by atoms with E-state index >= 15 is 0 Å². The SMILES string of the molecule is COc1cc2cc(C(=O)N3C[C@H](CCl)c4c3cc(ONC(=O)OC(C)(C)C)c3ccccc43)[nH]c2c(OC)c1OC. The van der Waals surface area contributed by atoms with Crippen LogP contribution in [0.15, 0.2) is 42.5 Å². The second kappa shape index (κ2) is 10.9. The van der Waals surface area contributed by atoms with Crippen molar-refractivity contribution in [2.75, 3.05) is 38.7 Å². The number of nitrogens with zero attached hydrogens (tertiary/aromatic N) is 1.